The van der Waals surface area contributed by atoms with Gasteiger partial charge in [-0.25, -0.2) is 0 Å². The third kappa shape index (κ3) is 4.70. The largest absolute Gasteiger partial charge is 0.388 e. The first-order valence-corrected chi connectivity index (χ1v) is 8.41. The van der Waals surface area contributed by atoms with Gasteiger partial charge < -0.3 is 10.4 Å². The lowest BCUT2D eigenvalue weighted by Gasteiger charge is -2.09. The van der Waals surface area contributed by atoms with Crippen molar-refractivity contribution in [3.8, 4) is 6.07 Å². The number of thioether (sulfide) groups is 1. The zero-order valence-corrected chi connectivity index (χ0v) is 13.2. The molecule has 0 fully saturated rings. The summed E-state index contributed by atoms with van der Waals surface area (Å²) in [6.07, 6.45) is 0.457. The number of aliphatic hydroxyl groups is 1. The average molecular weight is 320 g/mol. The van der Waals surface area contributed by atoms with Crippen molar-refractivity contribution in [3.05, 3.63) is 35.4 Å². The number of benzene rings is 1. The number of nitriles is 1. The van der Waals surface area contributed by atoms with E-state index in [-0.39, 0.29) is 0 Å². The van der Waals surface area contributed by atoms with Crippen LogP contribution in [0.2, 0.25) is 0 Å². The molecule has 1 aromatic carbocycles. The molecule has 5 nitrogen and oxygen atoms in total. The molecule has 0 radical (unpaired) electrons. The van der Waals surface area contributed by atoms with Gasteiger partial charge in [0.15, 0.2) is 4.34 Å². The summed E-state index contributed by atoms with van der Waals surface area (Å²) in [5.74, 6) is 0.508. The van der Waals surface area contributed by atoms with Crippen LogP contribution in [-0.4, -0.2) is 27.6 Å². The van der Waals surface area contributed by atoms with Gasteiger partial charge in [0, 0.05) is 12.3 Å². The number of aromatic nitrogens is 2. The quantitative estimate of drug-likeness (QED) is 0.763. The number of anilines is 1. The number of nitrogens with one attached hydrogen (secondary N) is 1. The van der Waals surface area contributed by atoms with Crippen LogP contribution in [0.4, 0.5) is 5.13 Å². The molecule has 2 rings (SSSR count). The van der Waals surface area contributed by atoms with Crippen LogP contribution in [0.15, 0.2) is 28.6 Å². The second-order valence-corrected chi connectivity index (χ2v) is 6.61. The summed E-state index contributed by atoms with van der Waals surface area (Å²) in [7, 11) is 0. The molecule has 21 heavy (non-hydrogen) atoms. The third-order valence-electron chi connectivity index (χ3n) is 2.72. The summed E-state index contributed by atoms with van der Waals surface area (Å²) in [6, 6.07) is 9.03. The van der Waals surface area contributed by atoms with Crippen molar-refractivity contribution in [2.75, 3.05) is 17.6 Å². The molecule has 110 valence electrons. The van der Waals surface area contributed by atoms with Gasteiger partial charge in [-0.15, -0.1) is 10.2 Å². The van der Waals surface area contributed by atoms with Crippen molar-refractivity contribution >= 4 is 28.2 Å². The lowest BCUT2D eigenvalue weighted by Crippen LogP contribution is -2.00. The van der Waals surface area contributed by atoms with Gasteiger partial charge in [0.2, 0.25) is 5.13 Å². The zero-order valence-electron chi connectivity index (χ0n) is 11.6. The zero-order chi connectivity index (χ0) is 15.1. The molecule has 0 bridgehead atoms. The van der Waals surface area contributed by atoms with Crippen LogP contribution in [0.3, 0.4) is 0 Å². The van der Waals surface area contributed by atoms with E-state index in [0.717, 1.165) is 28.0 Å². The highest BCUT2D eigenvalue weighted by Crippen LogP contribution is 2.29. The van der Waals surface area contributed by atoms with Crippen LogP contribution in [-0.2, 0) is 0 Å². The molecule has 1 heterocycles. The fourth-order valence-electron chi connectivity index (χ4n) is 1.60. The maximum atomic E-state index is 10.1. The van der Waals surface area contributed by atoms with E-state index < -0.39 is 6.10 Å². The summed E-state index contributed by atoms with van der Waals surface area (Å²) < 4.78 is 0.835. The second kappa shape index (κ2) is 7.98. The van der Waals surface area contributed by atoms with Crippen molar-refractivity contribution in [1.29, 1.82) is 5.26 Å². The Balaban J connectivity index is 1.86. The van der Waals surface area contributed by atoms with E-state index in [9.17, 15) is 5.11 Å². The van der Waals surface area contributed by atoms with Crippen molar-refractivity contribution in [1.82, 2.24) is 10.2 Å². The Hall–Kier alpha value is -1.62. The van der Waals surface area contributed by atoms with Crippen molar-refractivity contribution < 1.29 is 5.11 Å². The van der Waals surface area contributed by atoms with Crippen LogP contribution in [0.5, 0.6) is 0 Å². The summed E-state index contributed by atoms with van der Waals surface area (Å²) in [5.41, 5.74) is 1.39. The topological polar surface area (TPSA) is 81.8 Å². The SMILES string of the molecule is CCCNc1nnc(SCC(O)c2ccc(C#N)cc2)s1. The molecule has 2 aromatic rings. The van der Waals surface area contributed by atoms with Crippen LogP contribution in [0.1, 0.15) is 30.6 Å². The summed E-state index contributed by atoms with van der Waals surface area (Å²) >= 11 is 2.97. The van der Waals surface area contributed by atoms with Crippen LogP contribution in [0, 0.1) is 11.3 Å². The molecule has 0 aliphatic carbocycles. The predicted molar refractivity (Wildman–Crippen MR) is 85.5 cm³/mol. The molecular weight excluding hydrogens is 304 g/mol. The first-order valence-electron chi connectivity index (χ1n) is 6.61. The van der Waals surface area contributed by atoms with Crippen molar-refractivity contribution in [2.45, 2.75) is 23.8 Å². The molecule has 1 aromatic heterocycles. The minimum atomic E-state index is -0.585. The summed E-state index contributed by atoms with van der Waals surface area (Å²) in [4.78, 5) is 0. The van der Waals surface area contributed by atoms with Crippen molar-refractivity contribution in [3.63, 3.8) is 0 Å². The second-order valence-electron chi connectivity index (χ2n) is 4.36. The van der Waals surface area contributed by atoms with E-state index in [1.54, 1.807) is 24.3 Å². The van der Waals surface area contributed by atoms with Gasteiger partial charge in [-0.3, -0.25) is 0 Å². The molecule has 1 atom stereocenters. The first kappa shape index (κ1) is 15.8. The molecule has 0 aliphatic heterocycles. The summed E-state index contributed by atoms with van der Waals surface area (Å²) in [6.45, 7) is 2.98. The molecular formula is C14H16N4OS2. The first-order chi connectivity index (χ1) is 10.2. The number of rotatable bonds is 7. The Labute approximate surface area is 132 Å². The van der Waals surface area contributed by atoms with E-state index in [1.807, 2.05) is 0 Å². The molecule has 0 saturated carbocycles. The Bertz CT molecular complexity index is 606. The number of hydrogen-bond donors (Lipinski definition) is 2. The Morgan fingerprint density at radius 2 is 2.14 bits per heavy atom. The Morgan fingerprint density at radius 1 is 1.38 bits per heavy atom. The van der Waals surface area contributed by atoms with Crippen molar-refractivity contribution in [2.24, 2.45) is 0 Å². The van der Waals surface area contributed by atoms with Gasteiger partial charge >= 0.3 is 0 Å². The van der Waals surface area contributed by atoms with Crippen LogP contribution >= 0.6 is 23.1 Å². The Kier molecular flexibility index (Phi) is 5.99. The van der Waals surface area contributed by atoms with Gasteiger partial charge in [0.05, 0.1) is 17.7 Å². The van der Waals surface area contributed by atoms with E-state index in [2.05, 4.69) is 28.5 Å². The lowest BCUT2D eigenvalue weighted by atomic mass is 10.1. The molecule has 0 aliphatic rings. The van der Waals surface area contributed by atoms with Gasteiger partial charge in [-0.05, 0) is 24.1 Å². The highest BCUT2D eigenvalue weighted by Gasteiger charge is 2.11. The average Bonchev–Trinajstić information content (AvgIpc) is 2.98. The molecule has 7 heteroatoms. The fraction of sp³-hybridized carbons (Fsp3) is 0.357. The number of nitrogens with zero attached hydrogens (tertiary/aromatic N) is 3. The standard InChI is InChI=1S/C14H16N4OS2/c1-2-7-16-13-17-18-14(21-13)20-9-12(19)11-5-3-10(8-15)4-6-11/h3-6,12,19H,2,7,9H2,1H3,(H,16,17). The van der Waals surface area contributed by atoms with Crippen LogP contribution in [0.25, 0.3) is 0 Å². The lowest BCUT2D eigenvalue weighted by molar-refractivity contribution is 0.204. The van der Waals surface area contributed by atoms with Gasteiger partial charge in [0.1, 0.15) is 0 Å². The Morgan fingerprint density at radius 3 is 2.81 bits per heavy atom. The fourth-order valence-corrected chi connectivity index (χ4v) is 3.37. The predicted octanol–water partition coefficient (Wildman–Crippen LogP) is 3.06. The smallest absolute Gasteiger partial charge is 0.206 e. The molecule has 0 spiro atoms. The van der Waals surface area contributed by atoms with E-state index in [1.165, 1.54) is 23.1 Å². The molecule has 0 saturated heterocycles. The number of hydrogen-bond acceptors (Lipinski definition) is 7. The molecule has 0 amide bonds. The summed E-state index contributed by atoms with van der Waals surface area (Å²) in [5, 5.41) is 31.0. The molecule has 1 unspecified atom stereocenters. The maximum absolute atomic E-state index is 10.1. The normalized spacial score (nSPS) is 11.9. The minimum absolute atomic E-state index is 0.508. The number of aliphatic hydroxyl groups excluding tert-OH is 1. The highest BCUT2D eigenvalue weighted by molar-refractivity contribution is 8.01. The monoisotopic (exact) mass is 320 g/mol. The molecule has 2 N–H and O–H groups in total. The van der Waals surface area contributed by atoms with Crippen LogP contribution < -0.4 is 5.32 Å². The third-order valence-corrected chi connectivity index (χ3v) is 4.81. The van der Waals surface area contributed by atoms with E-state index >= 15 is 0 Å². The van der Waals surface area contributed by atoms with Gasteiger partial charge in [-0.2, -0.15) is 5.26 Å². The maximum Gasteiger partial charge on any atom is 0.206 e. The highest BCUT2D eigenvalue weighted by atomic mass is 32.2. The minimum Gasteiger partial charge on any atom is -0.388 e. The van der Waals surface area contributed by atoms with E-state index in [0.29, 0.717) is 11.3 Å². The van der Waals surface area contributed by atoms with E-state index in [4.69, 9.17) is 5.26 Å². The van der Waals surface area contributed by atoms with Gasteiger partial charge in [0.25, 0.3) is 0 Å². The van der Waals surface area contributed by atoms with Gasteiger partial charge in [-0.1, -0.05) is 42.2 Å².